The van der Waals surface area contributed by atoms with Crippen LogP contribution in [0.2, 0.25) is 0 Å². The minimum atomic E-state index is 0.829. The standard InChI is InChI=1S/C10H18N2/c1-9(2)12-7-6-11-5-3-4-10(11)8-12/h10H,1,3-8H2,2H3. The Labute approximate surface area is 74.8 Å². The first-order valence-electron chi connectivity index (χ1n) is 4.92. The van der Waals surface area contributed by atoms with Crippen molar-refractivity contribution in [2.24, 2.45) is 0 Å². The molecule has 0 aromatic heterocycles. The van der Waals surface area contributed by atoms with Gasteiger partial charge in [0.25, 0.3) is 0 Å². The van der Waals surface area contributed by atoms with Crippen LogP contribution in [-0.4, -0.2) is 42.0 Å². The van der Waals surface area contributed by atoms with Gasteiger partial charge in [-0.05, 0) is 26.3 Å². The highest BCUT2D eigenvalue weighted by Gasteiger charge is 2.29. The first kappa shape index (κ1) is 8.11. The second-order valence-corrected chi connectivity index (χ2v) is 4.01. The number of hydrogen-bond donors (Lipinski definition) is 0. The van der Waals surface area contributed by atoms with Crippen molar-refractivity contribution in [1.82, 2.24) is 9.80 Å². The second kappa shape index (κ2) is 3.09. The highest BCUT2D eigenvalue weighted by molar-refractivity contribution is 4.96. The van der Waals surface area contributed by atoms with E-state index in [4.69, 9.17) is 0 Å². The van der Waals surface area contributed by atoms with Crippen LogP contribution < -0.4 is 0 Å². The third kappa shape index (κ3) is 1.36. The third-order valence-electron chi connectivity index (χ3n) is 3.13. The molecule has 2 heteroatoms. The number of rotatable bonds is 1. The van der Waals surface area contributed by atoms with Crippen molar-refractivity contribution >= 4 is 0 Å². The maximum absolute atomic E-state index is 4.00. The zero-order valence-corrected chi connectivity index (χ0v) is 7.92. The molecule has 0 bridgehead atoms. The van der Waals surface area contributed by atoms with Gasteiger partial charge in [0, 0.05) is 31.4 Å². The molecule has 2 heterocycles. The third-order valence-corrected chi connectivity index (χ3v) is 3.13. The fourth-order valence-corrected chi connectivity index (χ4v) is 2.34. The van der Waals surface area contributed by atoms with Gasteiger partial charge in [-0.1, -0.05) is 6.58 Å². The van der Waals surface area contributed by atoms with Gasteiger partial charge in [0.2, 0.25) is 0 Å². The largest absolute Gasteiger partial charge is 0.373 e. The van der Waals surface area contributed by atoms with Crippen LogP contribution in [0.1, 0.15) is 19.8 Å². The Bertz CT molecular complexity index is 188. The van der Waals surface area contributed by atoms with Gasteiger partial charge in [-0.3, -0.25) is 4.90 Å². The van der Waals surface area contributed by atoms with Crippen LogP contribution in [0.15, 0.2) is 12.3 Å². The lowest BCUT2D eigenvalue weighted by molar-refractivity contribution is 0.130. The Morgan fingerprint density at radius 2 is 2.17 bits per heavy atom. The molecule has 2 fully saturated rings. The predicted molar refractivity (Wildman–Crippen MR) is 51.0 cm³/mol. The quantitative estimate of drug-likeness (QED) is 0.579. The molecule has 1 unspecified atom stereocenters. The van der Waals surface area contributed by atoms with E-state index in [1.807, 2.05) is 0 Å². The maximum atomic E-state index is 4.00. The molecule has 1 atom stereocenters. The van der Waals surface area contributed by atoms with Gasteiger partial charge in [0.05, 0.1) is 0 Å². The van der Waals surface area contributed by atoms with Crippen LogP contribution >= 0.6 is 0 Å². The summed E-state index contributed by atoms with van der Waals surface area (Å²) in [5.74, 6) is 0. The Morgan fingerprint density at radius 3 is 2.92 bits per heavy atom. The molecule has 0 saturated carbocycles. The van der Waals surface area contributed by atoms with E-state index in [-0.39, 0.29) is 0 Å². The first-order chi connectivity index (χ1) is 5.77. The second-order valence-electron chi connectivity index (χ2n) is 4.01. The summed E-state index contributed by atoms with van der Waals surface area (Å²) >= 11 is 0. The van der Waals surface area contributed by atoms with Crippen molar-refractivity contribution < 1.29 is 0 Å². The van der Waals surface area contributed by atoms with E-state index in [1.165, 1.54) is 44.7 Å². The van der Waals surface area contributed by atoms with Crippen molar-refractivity contribution in [3.05, 3.63) is 12.3 Å². The Hall–Kier alpha value is -0.500. The molecule has 0 spiro atoms. The van der Waals surface area contributed by atoms with Crippen LogP contribution in [0.3, 0.4) is 0 Å². The molecule has 2 nitrogen and oxygen atoms in total. The summed E-state index contributed by atoms with van der Waals surface area (Å²) < 4.78 is 0. The highest BCUT2D eigenvalue weighted by Crippen LogP contribution is 2.22. The van der Waals surface area contributed by atoms with Crippen LogP contribution in [-0.2, 0) is 0 Å². The zero-order chi connectivity index (χ0) is 8.55. The number of piperazine rings is 1. The molecule has 0 aromatic carbocycles. The molecular formula is C10H18N2. The monoisotopic (exact) mass is 166 g/mol. The van der Waals surface area contributed by atoms with Crippen molar-refractivity contribution in [3.8, 4) is 0 Å². The summed E-state index contributed by atoms with van der Waals surface area (Å²) in [5, 5.41) is 0. The van der Waals surface area contributed by atoms with Crippen molar-refractivity contribution in [2.75, 3.05) is 26.2 Å². The Morgan fingerprint density at radius 1 is 1.33 bits per heavy atom. The lowest BCUT2D eigenvalue weighted by Gasteiger charge is -2.38. The minimum absolute atomic E-state index is 0.829. The number of allylic oxidation sites excluding steroid dienone is 1. The number of nitrogens with zero attached hydrogens (tertiary/aromatic N) is 2. The maximum Gasteiger partial charge on any atom is 0.0331 e. The van der Waals surface area contributed by atoms with Gasteiger partial charge < -0.3 is 4.90 Å². The van der Waals surface area contributed by atoms with Crippen LogP contribution in [0, 0.1) is 0 Å². The molecule has 68 valence electrons. The van der Waals surface area contributed by atoms with E-state index >= 15 is 0 Å². The van der Waals surface area contributed by atoms with Gasteiger partial charge in [-0.2, -0.15) is 0 Å². The Balaban J connectivity index is 1.96. The van der Waals surface area contributed by atoms with Gasteiger partial charge in [0.1, 0.15) is 0 Å². The van der Waals surface area contributed by atoms with Crippen LogP contribution in [0.25, 0.3) is 0 Å². The van der Waals surface area contributed by atoms with E-state index in [0.717, 1.165) is 6.04 Å². The van der Waals surface area contributed by atoms with Crippen molar-refractivity contribution in [2.45, 2.75) is 25.8 Å². The summed E-state index contributed by atoms with van der Waals surface area (Å²) in [5.41, 5.74) is 1.24. The minimum Gasteiger partial charge on any atom is -0.373 e. The van der Waals surface area contributed by atoms with Gasteiger partial charge in [0.15, 0.2) is 0 Å². The number of fused-ring (bicyclic) bond motifs is 1. The van der Waals surface area contributed by atoms with Gasteiger partial charge in [-0.25, -0.2) is 0 Å². The number of hydrogen-bond acceptors (Lipinski definition) is 2. The molecule has 2 rings (SSSR count). The average Bonchev–Trinajstić information content (AvgIpc) is 2.49. The summed E-state index contributed by atoms with van der Waals surface area (Å²) in [6.07, 6.45) is 2.79. The highest BCUT2D eigenvalue weighted by atomic mass is 15.3. The molecule has 2 saturated heterocycles. The van der Waals surface area contributed by atoms with E-state index in [1.54, 1.807) is 0 Å². The van der Waals surface area contributed by atoms with E-state index in [0.29, 0.717) is 0 Å². The SMILES string of the molecule is C=C(C)N1CCN2CCCC2C1. The van der Waals surface area contributed by atoms with Crippen LogP contribution in [0.4, 0.5) is 0 Å². The van der Waals surface area contributed by atoms with Crippen molar-refractivity contribution in [3.63, 3.8) is 0 Å². The lowest BCUT2D eigenvalue weighted by Crippen LogP contribution is -2.49. The first-order valence-corrected chi connectivity index (χ1v) is 4.92. The van der Waals surface area contributed by atoms with Gasteiger partial charge >= 0.3 is 0 Å². The predicted octanol–water partition coefficient (Wildman–Crippen LogP) is 1.30. The molecule has 0 aromatic rings. The van der Waals surface area contributed by atoms with E-state index in [2.05, 4.69) is 23.3 Å². The molecule has 0 amide bonds. The molecule has 2 aliphatic heterocycles. The van der Waals surface area contributed by atoms with Crippen molar-refractivity contribution in [1.29, 1.82) is 0 Å². The summed E-state index contributed by atoms with van der Waals surface area (Å²) in [4.78, 5) is 5.05. The zero-order valence-electron chi connectivity index (χ0n) is 7.92. The van der Waals surface area contributed by atoms with Crippen LogP contribution in [0.5, 0.6) is 0 Å². The summed E-state index contributed by atoms with van der Waals surface area (Å²) in [7, 11) is 0. The molecule has 12 heavy (non-hydrogen) atoms. The topological polar surface area (TPSA) is 6.48 Å². The average molecular weight is 166 g/mol. The molecule has 0 N–H and O–H groups in total. The lowest BCUT2D eigenvalue weighted by atomic mass is 10.1. The molecule has 0 radical (unpaired) electrons. The molecular weight excluding hydrogens is 148 g/mol. The van der Waals surface area contributed by atoms with Gasteiger partial charge in [-0.15, -0.1) is 0 Å². The fourth-order valence-electron chi connectivity index (χ4n) is 2.34. The fraction of sp³-hybridized carbons (Fsp3) is 0.800. The normalized spacial score (nSPS) is 30.4. The summed E-state index contributed by atoms with van der Waals surface area (Å²) in [6.45, 7) is 11.1. The van der Waals surface area contributed by atoms with E-state index < -0.39 is 0 Å². The molecule has 0 aliphatic carbocycles. The summed E-state index contributed by atoms with van der Waals surface area (Å²) in [6, 6.07) is 0.829. The van der Waals surface area contributed by atoms with E-state index in [9.17, 15) is 0 Å². The Kier molecular flexibility index (Phi) is 2.09. The molecule has 2 aliphatic rings. The smallest absolute Gasteiger partial charge is 0.0331 e.